The van der Waals surface area contributed by atoms with E-state index in [1.165, 1.54) is 0 Å². The Morgan fingerprint density at radius 3 is 2.21 bits per heavy atom. The molecule has 1 aliphatic rings. The van der Waals surface area contributed by atoms with Crippen LogP contribution in [0, 0.1) is 41.4 Å². The van der Waals surface area contributed by atoms with Crippen molar-refractivity contribution in [1.82, 2.24) is 0 Å². The first kappa shape index (κ1) is 37.6. The predicted molar refractivity (Wildman–Crippen MR) is 164 cm³/mol. The van der Waals surface area contributed by atoms with E-state index >= 15 is 0 Å². The van der Waals surface area contributed by atoms with E-state index in [0.717, 1.165) is 5.57 Å². The molecular weight excluding hydrogens is 538 g/mol. The second kappa shape index (κ2) is 17.6. The molecule has 42 heavy (non-hydrogen) atoms. The number of hydrogen-bond acceptors (Lipinski definition) is 8. The molecule has 0 aliphatic carbocycles. The van der Waals surface area contributed by atoms with Crippen molar-refractivity contribution >= 4 is 12.1 Å². The minimum atomic E-state index is -0.894. The molecular formula is C33H55NO8. The summed E-state index contributed by atoms with van der Waals surface area (Å²) in [6, 6.07) is 0. The third-order valence-corrected chi connectivity index (χ3v) is 8.62. The van der Waals surface area contributed by atoms with E-state index in [0.29, 0.717) is 6.42 Å². The van der Waals surface area contributed by atoms with Crippen LogP contribution in [-0.4, -0.2) is 69.1 Å². The van der Waals surface area contributed by atoms with Crippen LogP contribution in [0.5, 0.6) is 0 Å². The Bertz CT molecular complexity index is 962. The van der Waals surface area contributed by atoms with Crippen molar-refractivity contribution < 1.29 is 39.5 Å². The lowest BCUT2D eigenvalue weighted by Crippen LogP contribution is -2.47. The number of cyclic esters (lactones) is 1. The first-order chi connectivity index (χ1) is 19.5. The standard InChI is InChI=1S/C33H55NO8/c1-10-11-12-20(4)31(42-33(34)40)24(8)29(37)22(6)16-18(2)15-21(5)28(36)19(3)13-14-26(35)17-27-23(7)30(38)25(9)32(39)41-27/h10-15,19-31,35-38H,1,16-17H2,2-9H3,(H2,34,40)/b12-11-,14-13-,18-15-/t19-,20-,21-,22-,23-,24-,25+,26-,27-,28-,29+,30-,31-/m0/s1. The van der Waals surface area contributed by atoms with Crippen LogP contribution in [0.3, 0.4) is 0 Å². The van der Waals surface area contributed by atoms with Gasteiger partial charge in [-0.05, 0) is 26.2 Å². The van der Waals surface area contributed by atoms with Crippen molar-refractivity contribution in [2.24, 2.45) is 47.2 Å². The zero-order valence-corrected chi connectivity index (χ0v) is 26.6. The molecule has 0 spiro atoms. The summed E-state index contributed by atoms with van der Waals surface area (Å²) in [6.45, 7) is 18.5. The molecule has 9 nitrogen and oxygen atoms in total. The maximum atomic E-state index is 12.0. The SMILES string of the molecule is C=C/C=C\[C@H](C)[C@H](OC(N)=O)[C@@H](C)[C@H](O)[C@@H](C)C/C(C)=C\[C@H](C)[C@@H](O)[C@@H](C)/C=C\[C@H](O)C[C@@H]1OC(=O)[C@H](C)[C@@H](O)[C@H]1C. The van der Waals surface area contributed by atoms with Crippen LogP contribution < -0.4 is 5.73 Å². The van der Waals surface area contributed by atoms with Gasteiger partial charge >= 0.3 is 12.1 Å². The smallest absolute Gasteiger partial charge is 0.404 e. The molecule has 0 saturated carbocycles. The number of aliphatic hydroxyl groups is 4. The highest BCUT2D eigenvalue weighted by atomic mass is 16.6. The molecule has 6 N–H and O–H groups in total. The molecule has 1 fully saturated rings. The third kappa shape index (κ3) is 11.3. The Morgan fingerprint density at radius 1 is 1.02 bits per heavy atom. The van der Waals surface area contributed by atoms with Gasteiger partial charge in [0.15, 0.2) is 0 Å². The van der Waals surface area contributed by atoms with E-state index in [4.69, 9.17) is 15.2 Å². The van der Waals surface area contributed by atoms with Gasteiger partial charge in [-0.1, -0.05) is 90.2 Å². The molecule has 0 aromatic rings. The molecule has 0 bridgehead atoms. The lowest BCUT2D eigenvalue weighted by molar-refractivity contribution is -0.179. The average molecular weight is 594 g/mol. The Kier molecular flexibility index (Phi) is 15.7. The Labute approximate surface area is 252 Å². The summed E-state index contributed by atoms with van der Waals surface area (Å²) in [4.78, 5) is 23.5. The number of allylic oxidation sites excluding steroid dienone is 3. The summed E-state index contributed by atoms with van der Waals surface area (Å²) in [5.41, 5.74) is 6.30. The number of ether oxygens (including phenoxy) is 2. The summed E-state index contributed by atoms with van der Waals surface area (Å²) in [5, 5.41) is 42.8. The number of carbonyl (C=O) groups is 2. The van der Waals surface area contributed by atoms with Crippen LogP contribution in [0.25, 0.3) is 0 Å². The summed E-state index contributed by atoms with van der Waals surface area (Å²) >= 11 is 0. The van der Waals surface area contributed by atoms with Gasteiger partial charge in [-0.2, -0.15) is 0 Å². The van der Waals surface area contributed by atoms with Crippen LogP contribution in [0.15, 0.2) is 48.6 Å². The van der Waals surface area contributed by atoms with Gasteiger partial charge in [0.25, 0.3) is 0 Å². The summed E-state index contributed by atoms with van der Waals surface area (Å²) in [5.74, 6) is -2.52. The molecule has 0 aromatic heterocycles. The Morgan fingerprint density at radius 2 is 1.64 bits per heavy atom. The van der Waals surface area contributed by atoms with Gasteiger partial charge in [0.1, 0.15) is 12.2 Å². The monoisotopic (exact) mass is 593 g/mol. The number of aliphatic hydroxyl groups excluding tert-OH is 4. The van der Waals surface area contributed by atoms with Crippen molar-refractivity contribution in [3.05, 3.63) is 48.6 Å². The number of hydrogen-bond donors (Lipinski definition) is 5. The van der Waals surface area contributed by atoms with Gasteiger partial charge in [0.05, 0.1) is 30.3 Å². The molecule has 13 atom stereocenters. The molecule has 0 unspecified atom stereocenters. The maximum absolute atomic E-state index is 12.0. The number of carbonyl (C=O) groups excluding carboxylic acids is 2. The van der Waals surface area contributed by atoms with E-state index in [2.05, 4.69) is 6.58 Å². The maximum Gasteiger partial charge on any atom is 0.404 e. The van der Waals surface area contributed by atoms with E-state index in [-0.39, 0.29) is 41.9 Å². The summed E-state index contributed by atoms with van der Waals surface area (Å²) < 4.78 is 10.8. The normalized spacial score (nSPS) is 28.3. The van der Waals surface area contributed by atoms with Gasteiger partial charge in [0.2, 0.25) is 0 Å². The van der Waals surface area contributed by atoms with Gasteiger partial charge in [0, 0.05) is 36.0 Å². The fourth-order valence-electron chi connectivity index (χ4n) is 5.80. The Balaban J connectivity index is 2.76. The molecule has 1 saturated heterocycles. The minimum Gasteiger partial charge on any atom is -0.462 e. The van der Waals surface area contributed by atoms with E-state index < -0.39 is 54.6 Å². The zero-order valence-electron chi connectivity index (χ0n) is 26.6. The molecule has 9 heteroatoms. The molecule has 1 heterocycles. The predicted octanol–water partition coefficient (Wildman–Crippen LogP) is 4.30. The molecule has 0 radical (unpaired) electrons. The van der Waals surface area contributed by atoms with E-state index in [1.54, 1.807) is 38.2 Å². The first-order valence-corrected chi connectivity index (χ1v) is 15.0. The lowest BCUT2D eigenvalue weighted by atomic mass is 9.81. The number of esters is 1. The van der Waals surface area contributed by atoms with Crippen molar-refractivity contribution in [3.8, 4) is 0 Å². The number of amides is 1. The quantitative estimate of drug-likeness (QED) is 0.101. The van der Waals surface area contributed by atoms with Crippen molar-refractivity contribution in [2.75, 3.05) is 0 Å². The van der Waals surface area contributed by atoms with Crippen molar-refractivity contribution in [2.45, 2.75) is 105 Å². The number of nitrogens with two attached hydrogens (primary N) is 1. The molecule has 0 aromatic carbocycles. The van der Waals surface area contributed by atoms with Crippen LogP contribution in [0.1, 0.15) is 68.2 Å². The lowest BCUT2D eigenvalue weighted by Gasteiger charge is -2.36. The highest BCUT2D eigenvalue weighted by molar-refractivity contribution is 5.73. The van der Waals surface area contributed by atoms with Crippen molar-refractivity contribution in [1.29, 1.82) is 0 Å². The summed E-state index contributed by atoms with van der Waals surface area (Å²) in [6.07, 6.45) is 6.04. The molecule has 1 aliphatic heterocycles. The molecule has 1 rings (SSSR count). The average Bonchev–Trinajstić information content (AvgIpc) is 2.93. The highest BCUT2D eigenvalue weighted by Crippen LogP contribution is 2.30. The van der Waals surface area contributed by atoms with E-state index in [9.17, 15) is 30.0 Å². The van der Waals surface area contributed by atoms with Gasteiger partial charge in [-0.25, -0.2) is 4.79 Å². The van der Waals surface area contributed by atoms with E-state index in [1.807, 2.05) is 53.7 Å². The van der Waals surface area contributed by atoms with Gasteiger partial charge < -0.3 is 35.6 Å². The number of primary amides is 1. The van der Waals surface area contributed by atoms with Crippen LogP contribution in [-0.2, 0) is 14.3 Å². The minimum absolute atomic E-state index is 0.152. The van der Waals surface area contributed by atoms with Gasteiger partial charge in [-0.3, -0.25) is 4.79 Å². The molecule has 1 amide bonds. The Hall–Kier alpha value is -2.46. The largest absolute Gasteiger partial charge is 0.462 e. The fourth-order valence-corrected chi connectivity index (χ4v) is 5.80. The fraction of sp³-hybridized carbons (Fsp3) is 0.697. The van der Waals surface area contributed by atoms with Crippen molar-refractivity contribution in [3.63, 3.8) is 0 Å². The first-order valence-electron chi connectivity index (χ1n) is 15.0. The number of rotatable bonds is 16. The van der Waals surface area contributed by atoms with Crippen LogP contribution >= 0.6 is 0 Å². The van der Waals surface area contributed by atoms with Crippen LogP contribution in [0.2, 0.25) is 0 Å². The topological polar surface area (TPSA) is 160 Å². The second-order valence-electron chi connectivity index (χ2n) is 12.4. The van der Waals surface area contributed by atoms with Crippen LogP contribution in [0.4, 0.5) is 4.79 Å². The highest BCUT2D eigenvalue weighted by Gasteiger charge is 2.41. The second-order valence-corrected chi connectivity index (χ2v) is 12.4. The molecule has 240 valence electrons. The summed E-state index contributed by atoms with van der Waals surface area (Å²) in [7, 11) is 0. The van der Waals surface area contributed by atoms with Gasteiger partial charge in [-0.15, -0.1) is 0 Å². The zero-order chi connectivity index (χ0) is 32.3. The third-order valence-electron chi connectivity index (χ3n) is 8.62.